The Morgan fingerprint density at radius 3 is 2.29 bits per heavy atom. The van der Waals surface area contributed by atoms with E-state index in [0.29, 0.717) is 19.4 Å². The minimum Gasteiger partial charge on any atom is -0.409 e. The maximum absolute atomic E-state index is 12.3. The van der Waals surface area contributed by atoms with Crippen LogP contribution in [0.3, 0.4) is 0 Å². The molecule has 1 aliphatic carbocycles. The Kier molecular flexibility index (Phi) is 4.34. The molecule has 6 heteroatoms. The highest BCUT2D eigenvalue weighted by Gasteiger charge is 2.49. The topological polar surface area (TPSA) is 82.2 Å². The number of carbonyl (C=O) groups is 1. The van der Waals surface area contributed by atoms with E-state index in [0.717, 1.165) is 13.0 Å². The zero-order valence-corrected chi connectivity index (χ0v) is 10.8. The van der Waals surface area contributed by atoms with Crippen molar-refractivity contribution in [2.75, 3.05) is 34.2 Å². The van der Waals surface area contributed by atoms with Crippen LogP contribution in [0.2, 0.25) is 0 Å². The third-order valence-corrected chi connectivity index (χ3v) is 3.44. The van der Waals surface area contributed by atoms with Gasteiger partial charge in [0.1, 0.15) is 5.41 Å². The number of likely N-dealkylation sites (N-methyl/N-ethyl adjacent to an activating group) is 2. The quantitative estimate of drug-likeness (QED) is 0.306. The lowest BCUT2D eigenvalue weighted by Crippen LogP contribution is -2.55. The summed E-state index contributed by atoms with van der Waals surface area (Å²) in [6.45, 7) is 1.45. The number of amidine groups is 1. The molecule has 0 spiro atoms. The SMILES string of the molecule is CN(C)CCN(C)C(=O)C1(C(N)=NO)CCC1. The average molecular weight is 242 g/mol. The molecule has 0 heterocycles. The van der Waals surface area contributed by atoms with Gasteiger partial charge in [-0.15, -0.1) is 0 Å². The van der Waals surface area contributed by atoms with Gasteiger partial charge in [0, 0.05) is 20.1 Å². The molecule has 1 rings (SSSR count). The summed E-state index contributed by atoms with van der Waals surface area (Å²) < 4.78 is 0. The summed E-state index contributed by atoms with van der Waals surface area (Å²) in [7, 11) is 5.68. The van der Waals surface area contributed by atoms with Crippen molar-refractivity contribution in [2.24, 2.45) is 16.3 Å². The largest absolute Gasteiger partial charge is 0.409 e. The van der Waals surface area contributed by atoms with Crippen LogP contribution < -0.4 is 5.73 Å². The molecule has 0 aliphatic heterocycles. The highest BCUT2D eigenvalue weighted by molar-refractivity contribution is 6.07. The average Bonchev–Trinajstić information content (AvgIpc) is 2.23. The molecule has 0 unspecified atom stereocenters. The molecule has 1 saturated carbocycles. The first-order valence-corrected chi connectivity index (χ1v) is 5.82. The molecular formula is C11H22N4O2. The molecule has 17 heavy (non-hydrogen) atoms. The summed E-state index contributed by atoms with van der Waals surface area (Å²) >= 11 is 0. The van der Waals surface area contributed by atoms with Gasteiger partial charge in [-0.2, -0.15) is 0 Å². The van der Waals surface area contributed by atoms with Crippen LogP contribution in [0.1, 0.15) is 19.3 Å². The van der Waals surface area contributed by atoms with Gasteiger partial charge in [0.05, 0.1) is 0 Å². The van der Waals surface area contributed by atoms with Crippen molar-refractivity contribution in [3.8, 4) is 0 Å². The lowest BCUT2D eigenvalue weighted by molar-refractivity contribution is -0.140. The number of oxime groups is 1. The number of carbonyl (C=O) groups excluding carboxylic acids is 1. The maximum atomic E-state index is 12.3. The second-order valence-electron chi connectivity index (χ2n) is 4.95. The van der Waals surface area contributed by atoms with E-state index in [-0.39, 0.29) is 11.7 Å². The van der Waals surface area contributed by atoms with Crippen molar-refractivity contribution in [1.29, 1.82) is 0 Å². The van der Waals surface area contributed by atoms with Crippen molar-refractivity contribution in [2.45, 2.75) is 19.3 Å². The number of nitrogens with zero attached hydrogens (tertiary/aromatic N) is 3. The van der Waals surface area contributed by atoms with Crippen molar-refractivity contribution in [3.05, 3.63) is 0 Å². The van der Waals surface area contributed by atoms with Gasteiger partial charge in [0.2, 0.25) is 5.91 Å². The van der Waals surface area contributed by atoms with E-state index < -0.39 is 5.41 Å². The Labute approximate surface area is 102 Å². The van der Waals surface area contributed by atoms with E-state index in [2.05, 4.69) is 5.16 Å². The van der Waals surface area contributed by atoms with Crippen LogP contribution in [0.15, 0.2) is 5.16 Å². The monoisotopic (exact) mass is 242 g/mol. The van der Waals surface area contributed by atoms with E-state index in [4.69, 9.17) is 10.9 Å². The number of nitrogens with two attached hydrogens (primary N) is 1. The number of hydrogen-bond donors (Lipinski definition) is 2. The predicted molar refractivity (Wildman–Crippen MR) is 65.9 cm³/mol. The molecule has 6 nitrogen and oxygen atoms in total. The summed E-state index contributed by atoms with van der Waals surface area (Å²) in [4.78, 5) is 16.0. The molecule has 0 aromatic heterocycles. The lowest BCUT2D eigenvalue weighted by atomic mass is 9.67. The van der Waals surface area contributed by atoms with Gasteiger partial charge in [-0.1, -0.05) is 11.6 Å². The van der Waals surface area contributed by atoms with E-state index >= 15 is 0 Å². The highest BCUT2D eigenvalue weighted by atomic mass is 16.4. The van der Waals surface area contributed by atoms with Crippen LogP contribution in [0.25, 0.3) is 0 Å². The second kappa shape index (κ2) is 5.35. The molecule has 0 bridgehead atoms. The van der Waals surface area contributed by atoms with Crippen molar-refractivity contribution >= 4 is 11.7 Å². The fourth-order valence-electron chi connectivity index (χ4n) is 2.02. The fourth-order valence-corrected chi connectivity index (χ4v) is 2.02. The van der Waals surface area contributed by atoms with Crippen molar-refractivity contribution in [1.82, 2.24) is 9.80 Å². The smallest absolute Gasteiger partial charge is 0.236 e. The second-order valence-corrected chi connectivity index (χ2v) is 4.95. The van der Waals surface area contributed by atoms with Gasteiger partial charge < -0.3 is 20.7 Å². The molecule has 3 N–H and O–H groups in total. The Morgan fingerprint density at radius 2 is 1.94 bits per heavy atom. The summed E-state index contributed by atoms with van der Waals surface area (Å²) in [6.07, 6.45) is 2.30. The van der Waals surface area contributed by atoms with E-state index in [1.54, 1.807) is 11.9 Å². The highest BCUT2D eigenvalue weighted by Crippen LogP contribution is 2.42. The molecule has 0 radical (unpaired) electrons. The maximum Gasteiger partial charge on any atom is 0.236 e. The van der Waals surface area contributed by atoms with Gasteiger partial charge in [0.25, 0.3) is 0 Å². The Bertz CT molecular complexity index is 311. The Balaban J connectivity index is 2.67. The molecule has 0 atom stereocenters. The number of rotatable bonds is 5. The summed E-state index contributed by atoms with van der Waals surface area (Å²) in [5, 5.41) is 11.8. The first kappa shape index (κ1) is 13.8. The molecule has 1 amide bonds. The zero-order chi connectivity index (χ0) is 13.1. The molecular weight excluding hydrogens is 220 g/mol. The third kappa shape index (κ3) is 2.69. The molecule has 0 saturated heterocycles. The lowest BCUT2D eigenvalue weighted by Gasteiger charge is -2.41. The Morgan fingerprint density at radius 1 is 1.35 bits per heavy atom. The van der Waals surface area contributed by atoms with Gasteiger partial charge in [0.15, 0.2) is 5.84 Å². The van der Waals surface area contributed by atoms with E-state index in [1.165, 1.54) is 0 Å². The molecule has 1 fully saturated rings. The molecule has 1 aliphatic rings. The van der Waals surface area contributed by atoms with Gasteiger partial charge >= 0.3 is 0 Å². The van der Waals surface area contributed by atoms with Gasteiger partial charge in [-0.3, -0.25) is 4.79 Å². The minimum absolute atomic E-state index is 0.0408. The molecule has 0 aromatic carbocycles. The first-order valence-electron chi connectivity index (χ1n) is 5.82. The van der Waals surface area contributed by atoms with Crippen LogP contribution in [0.5, 0.6) is 0 Å². The van der Waals surface area contributed by atoms with Crippen molar-refractivity contribution in [3.63, 3.8) is 0 Å². The summed E-state index contributed by atoms with van der Waals surface area (Å²) in [5.74, 6) is 0.00588. The van der Waals surface area contributed by atoms with Crippen molar-refractivity contribution < 1.29 is 10.0 Å². The van der Waals surface area contributed by atoms with Crippen LogP contribution in [-0.2, 0) is 4.79 Å². The van der Waals surface area contributed by atoms with Crippen LogP contribution in [0.4, 0.5) is 0 Å². The normalized spacial score (nSPS) is 18.9. The first-order chi connectivity index (χ1) is 7.94. The fraction of sp³-hybridized carbons (Fsp3) is 0.818. The molecule has 0 aromatic rings. The minimum atomic E-state index is -0.754. The predicted octanol–water partition coefficient (Wildman–Crippen LogP) is -0.0769. The van der Waals surface area contributed by atoms with Crippen LogP contribution in [-0.4, -0.2) is 61.0 Å². The number of hydrogen-bond acceptors (Lipinski definition) is 4. The number of amides is 1. The van der Waals surface area contributed by atoms with E-state index in [9.17, 15) is 4.79 Å². The standard InChI is InChI=1S/C11H22N4O2/c1-14(2)7-8-15(3)10(16)11(5-4-6-11)9(12)13-17/h17H,4-8H2,1-3H3,(H2,12,13). The van der Waals surface area contributed by atoms with Gasteiger partial charge in [-0.05, 0) is 26.9 Å². The van der Waals surface area contributed by atoms with E-state index in [1.807, 2.05) is 19.0 Å². The third-order valence-electron chi connectivity index (χ3n) is 3.44. The molecule has 98 valence electrons. The van der Waals surface area contributed by atoms with Crippen LogP contribution >= 0.6 is 0 Å². The van der Waals surface area contributed by atoms with Crippen LogP contribution in [0, 0.1) is 5.41 Å². The summed E-state index contributed by atoms with van der Waals surface area (Å²) in [5.41, 5.74) is 4.90. The summed E-state index contributed by atoms with van der Waals surface area (Å²) in [6, 6.07) is 0. The van der Waals surface area contributed by atoms with Gasteiger partial charge in [-0.25, -0.2) is 0 Å². The Hall–Kier alpha value is -1.30. The zero-order valence-electron chi connectivity index (χ0n) is 10.8.